The first-order chi connectivity index (χ1) is 24.0. The van der Waals surface area contributed by atoms with E-state index < -0.39 is 11.5 Å². The van der Waals surface area contributed by atoms with Crippen molar-refractivity contribution in [3.8, 4) is 17.2 Å². The van der Waals surface area contributed by atoms with Crippen LogP contribution in [0.1, 0.15) is 93.5 Å². The highest BCUT2D eigenvalue weighted by Gasteiger charge is 2.54. The standard InChI is InChI=1S/C41H52ClN3O5/c1-26(25-49-35-11-17-43-34-10-5-7-27(2)38(34)35)19-29-20-28-21-37-36(48-18-12-32(50-37)24-45(3)4)23-33(28)40(29)13-15-41(16-14-40,39(46)47)44-31-9-6-8-30(42)22-31/h6,8-9,11,17,21-23,26-27,29,32,44H,5,7,10,12-16,18-20,24-25H2,1-4H3,(H,46,47)/t26-,27-,29?,32?,40?,41?/m1/s1. The topological polar surface area (TPSA) is 93.2 Å². The summed E-state index contributed by atoms with van der Waals surface area (Å²) in [5.41, 5.74) is 4.58. The zero-order chi connectivity index (χ0) is 35.0. The third kappa shape index (κ3) is 6.90. The Morgan fingerprint density at radius 2 is 1.96 bits per heavy atom. The van der Waals surface area contributed by atoms with Crippen molar-refractivity contribution in [2.45, 2.75) is 101 Å². The van der Waals surface area contributed by atoms with E-state index >= 15 is 0 Å². The minimum absolute atomic E-state index is 0.0673. The Labute approximate surface area is 301 Å². The molecule has 2 unspecified atom stereocenters. The third-order valence-corrected chi connectivity index (χ3v) is 12.1. The molecule has 2 heterocycles. The molecule has 1 saturated carbocycles. The molecule has 8 nitrogen and oxygen atoms in total. The van der Waals surface area contributed by atoms with Crippen LogP contribution in [0.4, 0.5) is 5.69 Å². The number of nitrogens with zero attached hydrogens (tertiary/aromatic N) is 2. The van der Waals surface area contributed by atoms with Crippen LogP contribution in [0.25, 0.3) is 0 Å². The molecule has 1 fully saturated rings. The number of benzene rings is 2. The molecular weight excluding hydrogens is 650 g/mol. The van der Waals surface area contributed by atoms with Gasteiger partial charge < -0.3 is 29.5 Å². The predicted octanol–water partition coefficient (Wildman–Crippen LogP) is 8.29. The molecular formula is C41H52ClN3O5. The highest BCUT2D eigenvalue weighted by atomic mass is 35.5. The summed E-state index contributed by atoms with van der Waals surface area (Å²) in [5, 5.41) is 14.7. The monoisotopic (exact) mass is 701 g/mol. The number of aliphatic carboxylic acids is 1. The van der Waals surface area contributed by atoms with Gasteiger partial charge in [0.15, 0.2) is 11.5 Å². The SMILES string of the molecule is C[C@@H](COc1ccnc2c1[C@H](C)CCC2)CC1Cc2cc3c(cc2C12CCC(Nc1cccc(Cl)c1)(C(=O)O)CC2)OCCC(CN(C)C)O3. The normalized spacial score (nSPS) is 27.7. The molecule has 1 aromatic heterocycles. The van der Waals surface area contributed by atoms with Crippen LogP contribution in [0, 0.1) is 11.8 Å². The number of hydrogen-bond donors (Lipinski definition) is 2. The van der Waals surface area contributed by atoms with Gasteiger partial charge >= 0.3 is 5.97 Å². The molecule has 4 atom stereocenters. The van der Waals surface area contributed by atoms with E-state index in [0.717, 1.165) is 68.0 Å². The summed E-state index contributed by atoms with van der Waals surface area (Å²) in [4.78, 5) is 19.8. The summed E-state index contributed by atoms with van der Waals surface area (Å²) in [6.45, 7) is 6.66. The van der Waals surface area contributed by atoms with Crippen molar-refractivity contribution < 1.29 is 24.1 Å². The molecule has 0 bridgehead atoms. The summed E-state index contributed by atoms with van der Waals surface area (Å²) in [6.07, 6.45) is 10.6. The minimum Gasteiger partial charge on any atom is -0.493 e. The molecule has 0 radical (unpaired) electrons. The Morgan fingerprint density at radius 1 is 1.14 bits per heavy atom. The van der Waals surface area contributed by atoms with Crippen molar-refractivity contribution >= 4 is 23.3 Å². The number of rotatable bonds is 10. The van der Waals surface area contributed by atoms with Gasteiger partial charge in [-0.1, -0.05) is 31.5 Å². The lowest BCUT2D eigenvalue weighted by Crippen LogP contribution is -2.53. The van der Waals surface area contributed by atoms with E-state index in [0.29, 0.717) is 48.8 Å². The van der Waals surface area contributed by atoms with Gasteiger partial charge in [0, 0.05) is 41.1 Å². The zero-order valence-corrected chi connectivity index (χ0v) is 30.7. The first kappa shape index (κ1) is 34.9. The molecule has 1 aliphatic heterocycles. The van der Waals surface area contributed by atoms with Crippen LogP contribution in [0.15, 0.2) is 48.7 Å². The molecule has 0 saturated heterocycles. The molecule has 4 aliphatic rings. The highest BCUT2D eigenvalue weighted by Crippen LogP contribution is 2.58. The summed E-state index contributed by atoms with van der Waals surface area (Å²) < 4.78 is 19.5. The van der Waals surface area contributed by atoms with Gasteiger partial charge in [0.05, 0.1) is 13.2 Å². The van der Waals surface area contributed by atoms with Crippen LogP contribution in [-0.2, 0) is 23.1 Å². The van der Waals surface area contributed by atoms with Gasteiger partial charge in [-0.2, -0.15) is 0 Å². The molecule has 0 amide bonds. The summed E-state index contributed by atoms with van der Waals surface area (Å²) in [5.74, 6) is 2.91. The average Bonchev–Trinajstić information content (AvgIpc) is 3.20. The second kappa shape index (κ2) is 14.3. The van der Waals surface area contributed by atoms with Crippen LogP contribution < -0.4 is 19.5 Å². The average molecular weight is 702 g/mol. The number of carboxylic acid groups (broad SMARTS) is 1. The molecule has 9 heteroatoms. The molecule has 3 aliphatic carbocycles. The molecule has 50 heavy (non-hydrogen) atoms. The number of ether oxygens (including phenoxy) is 3. The molecule has 7 rings (SSSR count). The number of aromatic nitrogens is 1. The van der Waals surface area contributed by atoms with E-state index in [9.17, 15) is 9.90 Å². The minimum atomic E-state index is -1.07. The fourth-order valence-electron chi connectivity index (χ4n) is 9.39. The van der Waals surface area contributed by atoms with Gasteiger partial charge in [-0.15, -0.1) is 0 Å². The van der Waals surface area contributed by atoms with Crippen LogP contribution in [0.3, 0.4) is 0 Å². The molecule has 268 valence electrons. The maximum Gasteiger partial charge on any atom is 0.329 e. The maximum absolute atomic E-state index is 13.0. The largest absolute Gasteiger partial charge is 0.493 e. The van der Waals surface area contributed by atoms with E-state index in [1.54, 1.807) is 0 Å². The number of carboxylic acids is 1. The first-order valence-corrected chi connectivity index (χ1v) is 18.9. The Kier molecular flexibility index (Phi) is 9.97. The van der Waals surface area contributed by atoms with E-state index in [1.165, 1.54) is 35.2 Å². The van der Waals surface area contributed by atoms with Crippen molar-refractivity contribution in [1.82, 2.24) is 9.88 Å². The molecule has 2 N–H and O–H groups in total. The highest BCUT2D eigenvalue weighted by molar-refractivity contribution is 6.30. The van der Waals surface area contributed by atoms with Gasteiger partial charge in [-0.3, -0.25) is 4.98 Å². The third-order valence-electron chi connectivity index (χ3n) is 11.9. The number of anilines is 1. The number of likely N-dealkylation sites (N-methyl/N-ethyl adjacent to an activating group) is 1. The quantitative estimate of drug-likeness (QED) is 0.218. The lowest BCUT2D eigenvalue weighted by molar-refractivity contribution is -0.144. The van der Waals surface area contributed by atoms with Gasteiger partial charge in [0.1, 0.15) is 17.4 Å². The van der Waals surface area contributed by atoms with Gasteiger partial charge in [0.2, 0.25) is 0 Å². The zero-order valence-electron chi connectivity index (χ0n) is 30.0. The summed E-state index contributed by atoms with van der Waals surface area (Å²) in [6, 6.07) is 13.9. The lowest BCUT2D eigenvalue weighted by Gasteiger charge is -2.47. The Hall–Kier alpha value is -3.49. The van der Waals surface area contributed by atoms with Crippen LogP contribution in [0.5, 0.6) is 17.2 Å². The number of hydrogen-bond acceptors (Lipinski definition) is 7. The summed E-state index contributed by atoms with van der Waals surface area (Å²) in [7, 11) is 4.15. The second-order valence-electron chi connectivity index (χ2n) is 15.8. The van der Waals surface area contributed by atoms with Crippen LogP contribution >= 0.6 is 11.6 Å². The van der Waals surface area contributed by atoms with Crippen molar-refractivity contribution in [3.63, 3.8) is 0 Å². The van der Waals surface area contributed by atoms with E-state index in [-0.39, 0.29) is 11.5 Å². The first-order valence-electron chi connectivity index (χ1n) is 18.5. The number of nitrogens with one attached hydrogen (secondary N) is 1. The number of halogens is 1. The molecule has 3 aromatic rings. The number of pyridine rings is 1. The lowest BCUT2D eigenvalue weighted by atomic mass is 9.59. The molecule has 1 spiro atoms. The van der Waals surface area contributed by atoms with E-state index in [4.69, 9.17) is 25.8 Å². The van der Waals surface area contributed by atoms with Crippen molar-refractivity contribution in [1.29, 1.82) is 0 Å². The van der Waals surface area contributed by atoms with Crippen molar-refractivity contribution in [2.75, 3.05) is 39.2 Å². The number of aryl methyl sites for hydroxylation is 1. The fourth-order valence-corrected chi connectivity index (χ4v) is 9.58. The van der Waals surface area contributed by atoms with Crippen LogP contribution in [0.2, 0.25) is 5.02 Å². The Morgan fingerprint density at radius 3 is 2.72 bits per heavy atom. The Balaban J connectivity index is 1.16. The van der Waals surface area contributed by atoms with E-state index in [1.807, 2.05) is 36.5 Å². The fraction of sp³-hybridized carbons (Fsp3) is 0.561. The second-order valence-corrected chi connectivity index (χ2v) is 16.2. The maximum atomic E-state index is 13.0. The van der Waals surface area contributed by atoms with Crippen molar-refractivity contribution in [2.24, 2.45) is 11.8 Å². The van der Waals surface area contributed by atoms with Gasteiger partial charge in [-0.25, -0.2) is 4.79 Å². The smallest absolute Gasteiger partial charge is 0.329 e. The van der Waals surface area contributed by atoms with Gasteiger partial charge in [-0.05, 0) is 143 Å². The Bertz CT molecular complexity index is 1700. The summed E-state index contributed by atoms with van der Waals surface area (Å²) >= 11 is 6.29. The number of carbonyl (C=O) groups is 1. The molecule has 2 aromatic carbocycles. The predicted molar refractivity (Wildman–Crippen MR) is 197 cm³/mol. The van der Waals surface area contributed by atoms with Crippen LogP contribution in [-0.4, -0.2) is 66.5 Å². The van der Waals surface area contributed by atoms with E-state index in [2.05, 4.69) is 55.3 Å². The number of fused-ring (bicyclic) bond motifs is 4. The van der Waals surface area contributed by atoms with Gasteiger partial charge in [0.25, 0.3) is 0 Å². The van der Waals surface area contributed by atoms with Crippen molar-refractivity contribution in [3.05, 3.63) is 76.1 Å².